The van der Waals surface area contributed by atoms with E-state index in [1.807, 2.05) is 60.7 Å². The lowest BCUT2D eigenvalue weighted by atomic mass is 9.90. The zero-order chi connectivity index (χ0) is 19.8. The zero-order valence-corrected chi connectivity index (χ0v) is 15.3. The summed E-state index contributed by atoms with van der Waals surface area (Å²) >= 11 is 0. The molecule has 0 aliphatic rings. The molecule has 4 nitrogen and oxygen atoms in total. The molecule has 0 radical (unpaired) electrons. The molecule has 0 saturated carbocycles. The first kappa shape index (κ1) is 19.3. The average molecular weight is 376 g/mol. The molecule has 142 valence electrons. The number of hydrogen-bond acceptors (Lipinski definition) is 2. The van der Waals surface area contributed by atoms with E-state index in [1.165, 1.54) is 24.3 Å². The molecule has 0 bridgehead atoms. The SMILES string of the molecule is O=C(NCCNC(=O)C(c1ccccc1)c1ccccc1)c1ccc(F)cc1. The van der Waals surface area contributed by atoms with Gasteiger partial charge in [-0.25, -0.2) is 4.39 Å². The van der Waals surface area contributed by atoms with Crippen molar-refractivity contribution in [3.05, 3.63) is 107 Å². The van der Waals surface area contributed by atoms with Crippen LogP contribution in [0.2, 0.25) is 0 Å². The molecule has 5 heteroatoms. The van der Waals surface area contributed by atoms with Crippen LogP contribution < -0.4 is 10.6 Å². The summed E-state index contributed by atoms with van der Waals surface area (Å²) in [4.78, 5) is 24.9. The van der Waals surface area contributed by atoms with Gasteiger partial charge in [0.15, 0.2) is 0 Å². The second-order valence-electron chi connectivity index (χ2n) is 6.31. The molecule has 3 rings (SSSR count). The van der Waals surface area contributed by atoms with Gasteiger partial charge in [0.2, 0.25) is 5.91 Å². The van der Waals surface area contributed by atoms with Gasteiger partial charge in [-0.05, 0) is 35.4 Å². The molecule has 3 aromatic carbocycles. The van der Waals surface area contributed by atoms with Crippen molar-refractivity contribution in [2.24, 2.45) is 0 Å². The van der Waals surface area contributed by atoms with Crippen molar-refractivity contribution < 1.29 is 14.0 Å². The number of carbonyl (C=O) groups excluding carboxylic acids is 2. The summed E-state index contributed by atoms with van der Waals surface area (Å²) in [5.74, 6) is -1.25. The fourth-order valence-corrected chi connectivity index (χ4v) is 2.95. The highest BCUT2D eigenvalue weighted by Crippen LogP contribution is 2.24. The van der Waals surface area contributed by atoms with Crippen molar-refractivity contribution in [3.8, 4) is 0 Å². The number of carbonyl (C=O) groups is 2. The third-order valence-electron chi connectivity index (χ3n) is 4.34. The molecular formula is C23H21FN2O2. The highest BCUT2D eigenvalue weighted by molar-refractivity contribution is 5.94. The van der Waals surface area contributed by atoms with Crippen molar-refractivity contribution in [3.63, 3.8) is 0 Å². The standard InChI is InChI=1S/C23H21FN2O2/c24-20-13-11-19(12-14-20)22(27)25-15-16-26-23(28)21(17-7-3-1-4-8-17)18-9-5-2-6-10-18/h1-14,21H,15-16H2,(H,25,27)(H,26,28). The molecule has 0 fully saturated rings. The highest BCUT2D eigenvalue weighted by Gasteiger charge is 2.22. The van der Waals surface area contributed by atoms with E-state index in [0.717, 1.165) is 11.1 Å². The van der Waals surface area contributed by atoms with E-state index in [4.69, 9.17) is 0 Å². The Balaban J connectivity index is 1.58. The van der Waals surface area contributed by atoms with Crippen molar-refractivity contribution in [1.82, 2.24) is 10.6 Å². The number of amides is 2. The van der Waals surface area contributed by atoms with E-state index in [0.29, 0.717) is 12.1 Å². The van der Waals surface area contributed by atoms with Crippen LogP contribution in [-0.4, -0.2) is 24.9 Å². The van der Waals surface area contributed by atoms with Gasteiger partial charge in [-0.2, -0.15) is 0 Å². The Morgan fingerprint density at radius 1 is 0.714 bits per heavy atom. The summed E-state index contributed by atoms with van der Waals surface area (Å²) in [6.45, 7) is 0.570. The predicted octanol–water partition coefficient (Wildman–Crippen LogP) is 3.50. The first-order chi connectivity index (χ1) is 13.6. The maximum Gasteiger partial charge on any atom is 0.251 e. The van der Waals surface area contributed by atoms with Crippen LogP contribution in [0.3, 0.4) is 0 Å². The Hall–Kier alpha value is -3.47. The first-order valence-electron chi connectivity index (χ1n) is 9.06. The van der Waals surface area contributed by atoms with Crippen LogP contribution in [0, 0.1) is 5.82 Å². The van der Waals surface area contributed by atoms with E-state index in [9.17, 15) is 14.0 Å². The quantitative estimate of drug-likeness (QED) is 0.620. The minimum absolute atomic E-state index is 0.131. The van der Waals surface area contributed by atoms with Gasteiger partial charge in [-0.1, -0.05) is 60.7 Å². The molecule has 0 spiro atoms. The predicted molar refractivity (Wildman–Crippen MR) is 106 cm³/mol. The van der Waals surface area contributed by atoms with E-state index in [2.05, 4.69) is 10.6 Å². The zero-order valence-electron chi connectivity index (χ0n) is 15.3. The third kappa shape index (κ3) is 5.04. The van der Waals surface area contributed by atoms with Gasteiger partial charge in [-0.3, -0.25) is 9.59 Å². The molecule has 2 amide bonds. The third-order valence-corrected chi connectivity index (χ3v) is 4.34. The van der Waals surface area contributed by atoms with Crippen LogP contribution >= 0.6 is 0 Å². The summed E-state index contributed by atoms with van der Waals surface area (Å²) in [5.41, 5.74) is 2.18. The average Bonchev–Trinajstić information content (AvgIpc) is 2.73. The van der Waals surface area contributed by atoms with E-state index in [-0.39, 0.29) is 18.4 Å². The Bertz CT molecular complexity index is 873. The molecule has 0 saturated heterocycles. The lowest BCUT2D eigenvalue weighted by Gasteiger charge is -2.18. The van der Waals surface area contributed by atoms with Crippen LogP contribution in [0.25, 0.3) is 0 Å². The minimum atomic E-state index is -0.421. The summed E-state index contributed by atoms with van der Waals surface area (Å²) in [7, 11) is 0. The topological polar surface area (TPSA) is 58.2 Å². The van der Waals surface area contributed by atoms with E-state index >= 15 is 0 Å². The molecule has 0 aliphatic carbocycles. The lowest BCUT2D eigenvalue weighted by molar-refractivity contribution is -0.121. The largest absolute Gasteiger partial charge is 0.354 e. The summed E-state index contributed by atoms with van der Waals surface area (Å²) in [6, 6.07) is 24.5. The van der Waals surface area contributed by atoms with E-state index in [1.54, 1.807) is 0 Å². The molecule has 28 heavy (non-hydrogen) atoms. The van der Waals surface area contributed by atoms with Crippen molar-refractivity contribution >= 4 is 11.8 Å². The molecule has 3 aromatic rings. The van der Waals surface area contributed by atoms with Gasteiger partial charge in [0, 0.05) is 18.7 Å². The summed E-state index contributed by atoms with van der Waals surface area (Å²) in [5, 5.41) is 5.60. The second-order valence-corrected chi connectivity index (χ2v) is 6.31. The van der Waals surface area contributed by atoms with Crippen LogP contribution in [0.5, 0.6) is 0 Å². The second kappa shape index (κ2) is 9.46. The number of hydrogen-bond donors (Lipinski definition) is 2. The smallest absolute Gasteiger partial charge is 0.251 e. The van der Waals surface area contributed by atoms with Gasteiger partial charge in [0.1, 0.15) is 5.82 Å². The maximum absolute atomic E-state index is 12.9. The minimum Gasteiger partial charge on any atom is -0.354 e. The molecule has 0 unspecified atom stereocenters. The van der Waals surface area contributed by atoms with Gasteiger partial charge in [-0.15, -0.1) is 0 Å². The van der Waals surface area contributed by atoms with Crippen LogP contribution in [0.1, 0.15) is 27.4 Å². The monoisotopic (exact) mass is 376 g/mol. The fourth-order valence-electron chi connectivity index (χ4n) is 2.95. The van der Waals surface area contributed by atoms with Gasteiger partial charge in [0.25, 0.3) is 5.91 Å². The van der Waals surface area contributed by atoms with Crippen molar-refractivity contribution in [2.75, 3.05) is 13.1 Å². The Labute approximate surface area is 163 Å². The maximum atomic E-state index is 12.9. The lowest BCUT2D eigenvalue weighted by Crippen LogP contribution is -2.37. The molecular weight excluding hydrogens is 355 g/mol. The molecule has 0 atom stereocenters. The number of halogens is 1. The van der Waals surface area contributed by atoms with Crippen LogP contribution in [-0.2, 0) is 4.79 Å². The normalized spacial score (nSPS) is 10.5. The Morgan fingerprint density at radius 2 is 1.21 bits per heavy atom. The molecule has 0 aromatic heterocycles. The Morgan fingerprint density at radius 3 is 1.75 bits per heavy atom. The van der Waals surface area contributed by atoms with Crippen LogP contribution in [0.4, 0.5) is 4.39 Å². The van der Waals surface area contributed by atoms with Crippen LogP contribution in [0.15, 0.2) is 84.9 Å². The number of benzene rings is 3. The van der Waals surface area contributed by atoms with Gasteiger partial charge in [0.05, 0.1) is 5.92 Å². The summed E-state index contributed by atoms with van der Waals surface area (Å²) in [6.07, 6.45) is 0. The molecule has 0 aliphatic heterocycles. The first-order valence-corrected chi connectivity index (χ1v) is 9.06. The van der Waals surface area contributed by atoms with Gasteiger partial charge < -0.3 is 10.6 Å². The summed E-state index contributed by atoms with van der Waals surface area (Å²) < 4.78 is 12.9. The van der Waals surface area contributed by atoms with E-state index < -0.39 is 11.7 Å². The number of nitrogens with one attached hydrogen (secondary N) is 2. The molecule has 2 N–H and O–H groups in total. The Kier molecular flexibility index (Phi) is 6.52. The molecule has 0 heterocycles. The van der Waals surface area contributed by atoms with Crippen molar-refractivity contribution in [2.45, 2.75) is 5.92 Å². The highest BCUT2D eigenvalue weighted by atomic mass is 19.1. The van der Waals surface area contributed by atoms with Gasteiger partial charge >= 0.3 is 0 Å². The van der Waals surface area contributed by atoms with Crippen molar-refractivity contribution in [1.29, 1.82) is 0 Å². The fraction of sp³-hybridized carbons (Fsp3) is 0.130. The number of rotatable bonds is 7.